The van der Waals surface area contributed by atoms with Crippen molar-refractivity contribution in [3.05, 3.63) is 45.0 Å². The van der Waals surface area contributed by atoms with Crippen molar-refractivity contribution >= 4 is 37.7 Å². The molecular weight excluding hydrogens is 394 g/mol. The smallest absolute Gasteiger partial charge is 0.339 e. The standard InChI is InChI=1S/C21H23NO6S/c1-11-13(3)27-18-9-19-17(8-16(11)18)12(2)15(21(24)28-19)4-5-20(23)22-14-6-7-29(25,26)10-14/h8-9,14H,4-7,10H2,1-3H3,(H,22,23)/t14-/m0/s1. The van der Waals surface area contributed by atoms with Crippen LogP contribution in [0.4, 0.5) is 0 Å². The van der Waals surface area contributed by atoms with E-state index in [1.807, 2.05) is 26.8 Å². The second-order valence-corrected chi connectivity index (χ2v) is 10.0. The molecule has 1 amide bonds. The number of hydrogen-bond donors (Lipinski definition) is 1. The normalized spacial score (nSPS) is 18.5. The molecule has 1 N–H and O–H groups in total. The summed E-state index contributed by atoms with van der Waals surface area (Å²) in [5.74, 6) is 0.645. The summed E-state index contributed by atoms with van der Waals surface area (Å²) in [5, 5.41) is 4.54. The second-order valence-electron chi connectivity index (χ2n) is 7.79. The van der Waals surface area contributed by atoms with E-state index in [0.717, 1.165) is 27.7 Å². The van der Waals surface area contributed by atoms with E-state index in [9.17, 15) is 18.0 Å². The van der Waals surface area contributed by atoms with Crippen LogP contribution in [0.5, 0.6) is 0 Å². The van der Waals surface area contributed by atoms with Gasteiger partial charge in [0, 0.05) is 34.9 Å². The van der Waals surface area contributed by atoms with E-state index >= 15 is 0 Å². The number of fused-ring (bicyclic) bond motifs is 2. The summed E-state index contributed by atoms with van der Waals surface area (Å²) < 4.78 is 34.3. The molecule has 8 heteroatoms. The van der Waals surface area contributed by atoms with Gasteiger partial charge >= 0.3 is 5.63 Å². The van der Waals surface area contributed by atoms with Crippen molar-refractivity contribution in [1.29, 1.82) is 0 Å². The quantitative estimate of drug-likeness (QED) is 0.654. The predicted octanol–water partition coefficient (Wildman–Crippen LogP) is 2.70. The van der Waals surface area contributed by atoms with E-state index in [2.05, 4.69) is 5.32 Å². The molecule has 154 valence electrons. The average Bonchev–Trinajstić information content (AvgIpc) is 3.11. The highest BCUT2D eigenvalue weighted by atomic mass is 32.2. The molecule has 0 saturated carbocycles. The van der Waals surface area contributed by atoms with E-state index in [0.29, 0.717) is 23.2 Å². The largest absolute Gasteiger partial charge is 0.461 e. The van der Waals surface area contributed by atoms with Gasteiger partial charge in [-0.25, -0.2) is 13.2 Å². The third kappa shape index (κ3) is 3.69. The third-order valence-electron chi connectivity index (χ3n) is 5.78. The molecule has 1 aromatic carbocycles. The van der Waals surface area contributed by atoms with Crippen LogP contribution < -0.4 is 10.9 Å². The maximum absolute atomic E-state index is 12.5. The first kappa shape index (κ1) is 19.7. The summed E-state index contributed by atoms with van der Waals surface area (Å²) in [6.45, 7) is 5.72. The van der Waals surface area contributed by atoms with Crippen LogP contribution >= 0.6 is 0 Å². The van der Waals surface area contributed by atoms with E-state index < -0.39 is 15.5 Å². The number of rotatable bonds is 4. The molecule has 0 radical (unpaired) electrons. The number of amides is 1. The predicted molar refractivity (Wildman–Crippen MR) is 110 cm³/mol. The highest BCUT2D eigenvalue weighted by Gasteiger charge is 2.28. The van der Waals surface area contributed by atoms with Crippen molar-refractivity contribution in [3.8, 4) is 0 Å². The Morgan fingerprint density at radius 3 is 2.48 bits per heavy atom. The van der Waals surface area contributed by atoms with E-state index in [4.69, 9.17) is 8.83 Å². The van der Waals surface area contributed by atoms with E-state index in [1.54, 1.807) is 6.07 Å². The molecule has 1 atom stereocenters. The molecule has 2 aromatic heterocycles. The van der Waals surface area contributed by atoms with Crippen molar-refractivity contribution in [2.75, 3.05) is 11.5 Å². The zero-order valence-electron chi connectivity index (χ0n) is 16.6. The lowest BCUT2D eigenvalue weighted by molar-refractivity contribution is -0.121. The monoisotopic (exact) mass is 417 g/mol. The Morgan fingerprint density at radius 1 is 1.10 bits per heavy atom. The summed E-state index contributed by atoms with van der Waals surface area (Å²) in [5.41, 5.74) is 2.95. The number of aryl methyl sites for hydroxylation is 3. The van der Waals surface area contributed by atoms with Gasteiger partial charge in [0.1, 0.15) is 16.9 Å². The molecule has 1 fully saturated rings. The maximum atomic E-state index is 12.5. The van der Waals surface area contributed by atoms with Crippen LogP contribution in [0.25, 0.3) is 21.9 Å². The number of furan rings is 1. The molecule has 4 rings (SSSR count). The molecule has 7 nitrogen and oxygen atoms in total. The summed E-state index contributed by atoms with van der Waals surface area (Å²) in [6.07, 6.45) is 0.765. The van der Waals surface area contributed by atoms with Gasteiger partial charge in [-0.2, -0.15) is 0 Å². The van der Waals surface area contributed by atoms with Gasteiger partial charge in [0.15, 0.2) is 9.84 Å². The molecule has 0 bridgehead atoms. The average molecular weight is 417 g/mol. The van der Waals surface area contributed by atoms with Crippen LogP contribution in [0.3, 0.4) is 0 Å². The Balaban J connectivity index is 1.58. The summed E-state index contributed by atoms with van der Waals surface area (Å²) >= 11 is 0. The number of hydrogen-bond acceptors (Lipinski definition) is 6. The fourth-order valence-corrected chi connectivity index (χ4v) is 5.63. The van der Waals surface area contributed by atoms with Crippen molar-refractivity contribution in [2.24, 2.45) is 0 Å². The van der Waals surface area contributed by atoms with Crippen molar-refractivity contribution in [2.45, 2.75) is 46.1 Å². The lowest BCUT2D eigenvalue weighted by Gasteiger charge is -2.11. The van der Waals surface area contributed by atoms with E-state index in [-0.39, 0.29) is 36.3 Å². The van der Waals surface area contributed by atoms with Crippen molar-refractivity contribution in [1.82, 2.24) is 5.32 Å². The molecule has 1 aliphatic rings. The lowest BCUT2D eigenvalue weighted by Crippen LogP contribution is -2.35. The molecule has 1 aliphatic heterocycles. The molecule has 0 spiro atoms. The Hall–Kier alpha value is -2.61. The second kappa shape index (κ2) is 7.02. The first-order valence-corrected chi connectivity index (χ1v) is 11.4. The van der Waals surface area contributed by atoms with Gasteiger partial charge in [-0.05, 0) is 50.8 Å². The zero-order valence-corrected chi connectivity index (χ0v) is 17.4. The first-order chi connectivity index (χ1) is 13.6. The molecule has 0 aliphatic carbocycles. The summed E-state index contributed by atoms with van der Waals surface area (Å²) in [4.78, 5) is 24.7. The molecular formula is C21H23NO6S. The number of nitrogens with one attached hydrogen (secondary N) is 1. The topological polar surface area (TPSA) is 107 Å². The van der Waals surface area contributed by atoms with Gasteiger partial charge in [-0.3, -0.25) is 4.79 Å². The van der Waals surface area contributed by atoms with Crippen molar-refractivity contribution < 1.29 is 22.0 Å². The molecule has 29 heavy (non-hydrogen) atoms. The minimum absolute atomic E-state index is 0.0185. The molecule has 0 unspecified atom stereocenters. The third-order valence-corrected chi connectivity index (χ3v) is 7.55. The van der Waals surface area contributed by atoms with Crippen LogP contribution in [0.15, 0.2) is 25.8 Å². The Kier molecular flexibility index (Phi) is 4.77. The number of benzene rings is 1. The fraction of sp³-hybridized carbons (Fsp3) is 0.429. The van der Waals surface area contributed by atoms with Crippen LogP contribution in [-0.4, -0.2) is 31.9 Å². The van der Waals surface area contributed by atoms with Crippen LogP contribution in [-0.2, 0) is 21.1 Å². The van der Waals surface area contributed by atoms with Gasteiger partial charge < -0.3 is 14.2 Å². The zero-order chi connectivity index (χ0) is 20.9. The minimum Gasteiger partial charge on any atom is -0.461 e. The van der Waals surface area contributed by atoms with E-state index in [1.165, 1.54) is 0 Å². The Labute approximate surface area is 168 Å². The number of sulfone groups is 1. The van der Waals surface area contributed by atoms with Gasteiger partial charge in [-0.1, -0.05) is 0 Å². The van der Waals surface area contributed by atoms with Crippen LogP contribution in [0.2, 0.25) is 0 Å². The Bertz CT molecular complexity index is 1300. The molecule has 3 heterocycles. The number of carbonyl (C=O) groups is 1. The lowest BCUT2D eigenvalue weighted by atomic mass is 10.0. The first-order valence-electron chi connectivity index (χ1n) is 9.60. The van der Waals surface area contributed by atoms with Gasteiger partial charge in [0.25, 0.3) is 0 Å². The molecule has 3 aromatic rings. The highest BCUT2D eigenvalue weighted by Crippen LogP contribution is 2.31. The van der Waals surface area contributed by atoms with Crippen molar-refractivity contribution in [3.63, 3.8) is 0 Å². The number of carbonyl (C=O) groups excluding carboxylic acids is 1. The highest BCUT2D eigenvalue weighted by molar-refractivity contribution is 7.91. The Morgan fingerprint density at radius 2 is 1.79 bits per heavy atom. The van der Waals surface area contributed by atoms with Gasteiger partial charge in [0.05, 0.1) is 11.5 Å². The van der Waals surface area contributed by atoms with Gasteiger partial charge in [0.2, 0.25) is 5.91 Å². The van der Waals surface area contributed by atoms with Gasteiger partial charge in [-0.15, -0.1) is 0 Å². The maximum Gasteiger partial charge on any atom is 0.339 e. The SMILES string of the molecule is Cc1oc2cc3oc(=O)c(CCC(=O)N[C@H]4CCS(=O)(=O)C4)c(C)c3cc2c1C. The summed E-state index contributed by atoms with van der Waals surface area (Å²) in [6, 6.07) is 3.35. The summed E-state index contributed by atoms with van der Waals surface area (Å²) in [7, 11) is -3.05. The minimum atomic E-state index is -3.05. The van der Waals surface area contributed by atoms with Crippen LogP contribution in [0.1, 0.15) is 35.3 Å². The fourth-order valence-electron chi connectivity index (χ4n) is 3.96. The molecule has 1 saturated heterocycles. The van der Waals surface area contributed by atoms with Crippen LogP contribution in [0, 0.1) is 20.8 Å².